The van der Waals surface area contributed by atoms with E-state index >= 15 is 0 Å². The minimum atomic E-state index is -0.0543. The highest BCUT2D eigenvalue weighted by molar-refractivity contribution is 7.80. The molecule has 0 fully saturated rings. The predicted octanol–water partition coefficient (Wildman–Crippen LogP) is 3.28. The van der Waals surface area contributed by atoms with Crippen molar-refractivity contribution in [3.63, 3.8) is 0 Å². The van der Waals surface area contributed by atoms with Gasteiger partial charge in [-0.25, -0.2) is 5.01 Å². The monoisotopic (exact) mass is 389 g/mol. The van der Waals surface area contributed by atoms with Crippen molar-refractivity contribution in [2.75, 3.05) is 21.7 Å². The van der Waals surface area contributed by atoms with E-state index in [4.69, 9.17) is 18.0 Å². The summed E-state index contributed by atoms with van der Waals surface area (Å²) in [4.78, 5) is 14.9. The minimum Gasteiger partial charge on any atom is -0.375 e. The number of para-hydroxylation sites is 3. The van der Waals surface area contributed by atoms with E-state index in [1.165, 1.54) is 0 Å². The van der Waals surface area contributed by atoms with E-state index in [1.807, 2.05) is 89.9 Å². The molecule has 0 unspecified atom stereocenters. The highest BCUT2D eigenvalue weighted by Gasteiger charge is 2.33. The summed E-state index contributed by atoms with van der Waals surface area (Å²) in [6.07, 6.45) is 0. The Bertz CT molecular complexity index is 996. The molecule has 0 saturated carbocycles. The van der Waals surface area contributed by atoms with Crippen molar-refractivity contribution in [1.29, 1.82) is 0 Å². The van der Waals surface area contributed by atoms with Gasteiger partial charge in [-0.3, -0.25) is 15.1 Å². The van der Waals surface area contributed by atoms with Gasteiger partial charge in [-0.05, 0) is 48.6 Å². The average molecular weight is 389 g/mol. The molecular weight excluding hydrogens is 370 g/mol. The van der Waals surface area contributed by atoms with Crippen molar-refractivity contribution in [2.45, 2.75) is 0 Å². The van der Waals surface area contributed by atoms with Gasteiger partial charge in [0.05, 0.1) is 16.9 Å². The van der Waals surface area contributed by atoms with Gasteiger partial charge in [0, 0.05) is 5.69 Å². The molecule has 6 nitrogen and oxygen atoms in total. The number of carbonyl (C=O) groups excluding carboxylic acids is 1. The van der Waals surface area contributed by atoms with E-state index in [0.717, 1.165) is 17.1 Å². The summed E-state index contributed by atoms with van der Waals surface area (Å²) in [5.41, 5.74) is 11.9. The van der Waals surface area contributed by atoms with E-state index in [0.29, 0.717) is 12.2 Å². The van der Waals surface area contributed by atoms with Crippen LogP contribution >= 0.6 is 12.2 Å². The zero-order valence-corrected chi connectivity index (χ0v) is 15.8. The van der Waals surface area contributed by atoms with Gasteiger partial charge in [0.15, 0.2) is 5.11 Å². The summed E-state index contributed by atoms with van der Waals surface area (Å²) in [6, 6.07) is 26.8. The molecular formula is C21H19N5OS. The number of fused-ring (bicyclic) bond motifs is 1. The molecule has 1 aliphatic heterocycles. The molecule has 28 heavy (non-hydrogen) atoms. The van der Waals surface area contributed by atoms with Crippen LogP contribution in [-0.2, 0) is 0 Å². The fraction of sp³-hybridized carbons (Fsp3) is 0.0476. The maximum Gasteiger partial charge on any atom is 0.261 e. The SMILES string of the molecule is NC(=S)NN(c1ccccc1)N1CN(c2ccccc2)C(=O)c2ccccc21. The third-order valence-electron chi connectivity index (χ3n) is 4.46. The largest absolute Gasteiger partial charge is 0.375 e. The quantitative estimate of drug-likeness (QED) is 0.527. The van der Waals surface area contributed by atoms with E-state index < -0.39 is 0 Å². The summed E-state index contributed by atoms with van der Waals surface area (Å²) in [6.45, 7) is 0.296. The normalized spacial score (nSPS) is 13.1. The number of hydrogen-bond donors (Lipinski definition) is 2. The molecule has 4 rings (SSSR count). The maximum absolute atomic E-state index is 13.2. The number of amides is 1. The summed E-state index contributed by atoms with van der Waals surface area (Å²) in [5.74, 6) is -0.0543. The van der Waals surface area contributed by atoms with Gasteiger partial charge in [-0.2, -0.15) is 5.12 Å². The second-order valence-electron chi connectivity index (χ2n) is 6.25. The fourth-order valence-corrected chi connectivity index (χ4v) is 3.30. The van der Waals surface area contributed by atoms with Crippen LogP contribution in [0.5, 0.6) is 0 Å². The fourth-order valence-electron chi connectivity index (χ4n) is 3.22. The lowest BCUT2D eigenvalue weighted by atomic mass is 10.1. The number of hydrogen-bond acceptors (Lipinski definition) is 4. The predicted molar refractivity (Wildman–Crippen MR) is 116 cm³/mol. The first-order valence-corrected chi connectivity index (χ1v) is 9.20. The Morgan fingerprint density at radius 3 is 2.21 bits per heavy atom. The van der Waals surface area contributed by atoms with Crippen LogP contribution in [0.15, 0.2) is 84.9 Å². The van der Waals surface area contributed by atoms with Crippen molar-refractivity contribution in [1.82, 2.24) is 5.43 Å². The maximum atomic E-state index is 13.2. The molecule has 0 bridgehead atoms. The van der Waals surface area contributed by atoms with Gasteiger partial charge in [0.2, 0.25) is 0 Å². The molecule has 1 amide bonds. The molecule has 140 valence electrons. The Balaban J connectivity index is 1.82. The van der Waals surface area contributed by atoms with E-state index in [9.17, 15) is 4.79 Å². The summed E-state index contributed by atoms with van der Waals surface area (Å²) < 4.78 is 0. The lowest BCUT2D eigenvalue weighted by Crippen LogP contribution is -2.61. The third kappa shape index (κ3) is 3.35. The molecule has 0 spiro atoms. The number of anilines is 3. The highest BCUT2D eigenvalue weighted by Crippen LogP contribution is 2.32. The Labute approximate surface area is 168 Å². The molecule has 0 saturated heterocycles. The van der Waals surface area contributed by atoms with Crippen LogP contribution in [0, 0.1) is 0 Å². The van der Waals surface area contributed by atoms with Gasteiger partial charge in [-0.1, -0.05) is 48.5 Å². The molecule has 3 aromatic carbocycles. The number of nitrogens with two attached hydrogens (primary N) is 1. The number of nitrogens with one attached hydrogen (secondary N) is 1. The second-order valence-corrected chi connectivity index (χ2v) is 6.69. The van der Waals surface area contributed by atoms with Crippen molar-refractivity contribution < 1.29 is 4.79 Å². The Hall–Kier alpha value is -3.58. The van der Waals surface area contributed by atoms with E-state index in [2.05, 4.69) is 5.43 Å². The number of carbonyl (C=O) groups is 1. The summed E-state index contributed by atoms with van der Waals surface area (Å²) in [7, 11) is 0. The van der Waals surface area contributed by atoms with Gasteiger partial charge in [-0.15, -0.1) is 0 Å². The average Bonchev–Trinajstić information content (AvgIpc) is 2.74. The van der Waals surface area contributed by atoms with E-state index in [1.54, 1.807) is 10.0 Å². The first-order valence-electron chi connectivity index (χ1n) is 8.80. The standard InChI is InChI=1S/C21H19N5OS/c22-21(28)23-26(17-11-5-2-6-12-17)25-15-24(16-9-3-1-4-10-16)20(27)18-13-7-8-14-19(18)25/h1-14H,15H2,(H3,22,23,28). The molecule has 0 radical (unpaired) electrons. The molecule has 0 aliphatic carbocycles. The first kappa shape index (κ1) is 17.8. The Morgan fingerprint density at radius 1 is 0.929 bits per heavy atom. The zero-order chi connectivity index (χ0) is 19.5. The molecule has 0 atom stereocenters. The van der Waals surface area contributed by atoms with Gasteiger partial charge in [0.25, 0.3) is 5.91 Å². The van der Waals surface area contributed by atoms with Crippen LogP contribution in [-0.4, -0.2) is 17.7 Å². The van der Waals surface area contributed by atoms with Crippen LogP contribution < -0.4 is 26.2 Å². The molecule has 7 heteroatoms. The van der Waals surface area contributed by atoms with Gasteiger partial charge >= 0.3 is 0 Å². The first-order chi connectivity index (χ1) is 13.6. The number of benzene rings is 3. The molecule has 1 heterocycles. The number of hydrazine groups is 2. The smallest absolute Gasteiger partial charge is 0.261 e. The highest BCUT2D eigenvalue weighted by atomic mass is 32.1. The van der Waals surface area contributed by atoms with Crippen LogP contribution in [0.1, 0.15) is 10.4 Å². The Kier molecular flexibility index (Phi) is 4.82. The second kappa shape index (κ2) is 7.58. The zero-order valence-electron chi connectivity index (χ0n) is 15.0. The minimum absolute atomic E-state index is 0.0543. The van der Waals surface area contributed by atoms with Crippen molar-refractivity contribution in [3.05, 3.63) is 90.5 Å². The van der Waals surface area contributed by atoms with Gasteiger partial charge < -0.3 is 5.73 Å². The molecule has 1 aliphatic rings. The number of rotatable bonds is 4. The van der Waals surface area contributed by atoms with Crippen LogP contribution in [0.3, 0.4) is 0 Å². The van der Waals surface area contributed by atoms with Crippen LogP contribution in [0.4, 0.5) is 17.1 Å². The van der Waals surface area contributed by atoms with Crippen molar-refractivity contribution in [2.24, 2.45) is 5.73 Å². The Morgan fingerprint density at radius 2 is 1.54 bits per heavy atom. The van der Waals surface area contributed by atoms with Crippen LogP contribution in [0.2, 0.25) is 0 Å². The molecule has 3 N–H and O–H groups in total. The van der Waals surface area contributed by atoms with Crippen molar-refractivity contribution in [3.8, 4) is 0 Å². The number of thiocarbonyl (C=S) groups is 1. The lowest BCUT2D eigenvalue weighted by molar-refractivity contribution is 0.0982. The third-order valence-corrected chi connectivity index (χ3v) is 4.55. The number of nitrogens with zero attached hydrogens (tertiary/aromatic N) is 3. The van der Waals surface area contributed by atoms with Crippen molar-refractivity contribution >= 4 is 40.3 Å². The molecule has 0 aromatic heterocycles. The van der Waals surface area contributed by atoms with E-state index in [-0.39, 0.29) is 11.0 Å². The van der Waals surface area contributed by atoms with Crippen LogP contribution in [0.25, 0.3) is 0 Å². The lowest BCUT2D eigenvalue weighted by Gasteiger charge is -2.44. The summed E-state index contributed by atoms with van der Waals surface area (Å²) in [5, 5.41) is 3.84. The summed E-state index contributed by atoms with van der Waals surface area (Å²) >= 11 is 5.10. The topological polar surface area (TPSA) is 64.8 Å². The van der Waals surface area contributed by atoms with Gasteiger partial charge in [0.1, 0.15) is 6.67 Å². The molecule has 3 aromatic rings.